The monoisotopic (exact) mass is 361 g/mol. The highest BCUT2D eigenvalue weighted by atomic mass is 32.1. The lowest BCUT2D eigenvalue weighted by Crippen LogP contribution is -2.30. The summed E-state index contributed by atoms with van der Waals surface area (Å²) in [6.45, 7) is 2.92. The molecule has 7 heteroatoms. The van der Waals surface area contributed by atoms with Crippen LogP contribution >= 0.6 is 11.3 Å². The van der Waals surface area contributed by atoms with Gasteiger partial charge in [0, 0.05) is 24.0 Å². The van der Waals surface area contributed by atoms with Gasteiger partial charge < -0.3 is 19.7 Å². The van der Waals surface area contributed by atoms with E-state index in [1.165, 1.54) is 11.3 Å². The number of thiazole rings is 1. The molecule has 1 aromatic heterocycles. The molecule has 134 valence electrons. The molecule has 0 spiro atoms. The number of methoxy groups -OCH3 is 1. The second-order valence-electron chi connectivity index (χ2n) is 6.10. The van der Waals surface area contributed by atoms with Crippen molar-refractivity contribution in [3.05, 3.63) is 40.3 Å². The second kappa shape index (κ2) is 8.31. The van der Waals surface area contributed by atoms with Gasteiger partial charge in [-0.15, -0.1) is 11.3 Å². The molecule has 1 amide bonds. The van der Waals surface area contributed by atoms with Crippen LogP contribution in [0.1, 0.15) is 22.5 Å². The highest BCUT2D eigenvalue weighted by Gasteiger charge is 2.27. The number of hydrogen-bond acceptors (Lipinski definition) is 6. The van der Waals surface area contributed by atoms with Gasteiger partial charge in [0.2, 0.25) is 0 Å². The molecule has 1 aromatic carbocycles. The molecule has 0 unspecified atom stereocenters. The summed E-state index contributed by atoms with van der Waals surface area (Å²) in [5.74, 6) is 1.74. The van der Waals surface area contributed by atoms with Crippen molar-refractivity contribution in [1.82, 2.24) is 15.2 Å². The molecule has 1 saturated heterocycles. The van der Waals surface area contributed by atoms with Gasteiger partial charge in [0.1, 0.15) is 6.61 Å². The van der Waals surface area contributed by atoms with Gasteiger partial charge in [-0.1, -0.05) is 0 Å². The molecule has 25 heavy (non-hydrogen) atoms. The first-order valence-electron chi connectivity index (χ1n) is 8.33. The number of hydrogen-bond donors (Lipinski definition) is 1. The van der Waals surface area contributed by atoms with E-state index in [2.05, 4.69) is 10.3 Å². The van der Waals surface area contributed by atoms with E-state index < -0.39 is 0 Å². The van der Waals surface area contributed by atoms with Gasteiger partial charge in [0.05, 0.1) is 18.3 Å². The Morgan fingerprint density at radius 2 is 2.32 bits per heavy atom. The first-order valence-corrected chi connectivity index (χ1v) is 9.27. The molecule has 0 radical (unpaired) electrons. The summed E-state index contributed by atoms with van der Waals surface area (Å²) in [5.41, 5.74) is 3.28. The van der Waals surface area contributed by atoms with Gasteiger partial charge in [-0.25, -0.2) is 4.98 Å². The van der Waals surface area contributed by atoms with Gasteiger partial charge in [-0.05, 0) is 44.1 Å². The number of nitrogens with zero attached hydrogens (tertiary/aromatic N) is 2. The zero-order valence-electron chi connectivity index (χ0n) is 14.5. The van der Waals surface area contributed by atoms with Crippen LogP contribution in [-0.2, 0) is 6.61 Å². The molecule has 0 aliphatic carbocycles. The SMILES string of the molecule is CNC[C@@H]1CCN(C(=O)c2ccc(OCc3cscn3)c(OC)c2)C1. The maximum absolute atomic E-state index is 12.7. The van der Waals surface area contributed by atoms with Gasteiger partial charge >= 0.3 is 0 Å². The summed E-state index contributed by atoms with van der Waals surface area (Å²) in [5, 5.41) is 5.13. The number of aromatic nitrogens is 1. The fourth-order valence-electron chi connectivity index (χ4n) is 3.04. The largest absolute Gasteiger partial charge is 0.493 e. The van der Waals surface area contributed by atoms with Crippen LogP contribution in [-0.4, -0.2) is 49.6 Å². The molecule has 2 heterocycles. The van der Waals surface area contributed by atoms with Crippen molar-refractivity contribution in [1.29, 1.82) is 0 Å². The number of benzene rings is 1. The molecule has 3 rings (SSSR count). The predicted octanol–water partition coefficient (Wildman–Crippen LogP) is 2.41. The predicted molar refractivity (Wildman–Crippen MR) is 97.4 cm³/mol. The zero-order chi connectivity index (χ0) is 17.6. The van der Waals surface area contributed by atoms with E-state index in [4.69, 9.17) is 9.47 Å². The van der Waals surface area contributed by atoms with Crippen molar-refractivity contribution < 1.29 is 14.3 Å². The van der Waals surface area contributed by atoms with Crippen molar-refractivity contribution in [3.8, 4) is 11.5 Å². The summed E-state index contributed by atoms with van der Waals surface area (Å²) < 4.78 is 11.2. The maximum Gasteiger partial charge on any atom is 0.254 e. The number of likely N-dealkylation sites (tertiary alicyclic amines) is 1. The fraction of sp³-hybridized carbons (Fsp3) is 0.444. The standard InChI is InChI=1S/C18H23N3O3S/c1-19-8-13-5-6-21(9-13)18(22)14-3-4-16(17(7-14)23-2)24-10-15-11-25-12-20-15/h3-4,7,11-13,19H,5-6,8-10H2,1-2H3/t13-/m0/s1. The maximum atomic E-state index is 12.7. The highest BCUT2D eigenvalue weighted by molar-refractivity contribution is 7.07. The summed E-state index contributed by atoms with van der Waals surface area (Å²) in [7, 11) is 3.53. The van der Waals surface area contributed by atoms with Crippen molar-refractivity contribution in [2.24, 2.45) is 5.92 Å². The number of rotatable bonds is 7. The number of carbonyl (C=O) groups excluding carboxylic acids is 1. The summed E-state index contributed by atoms with van der Waals surface area (Å²) >= 11 is 1.53. The first kappa shape index (κ1) is 17.7. The molecule has 6 nitrogen and oxygen atoms in total. The minimum atomic E-state index is 0.0444. The highest BCUT2D eigenvalue weighted by Crippen LogP contribution is 2.30. The van der Waals surface area contributed by atoms with Gasteiger partial charge in [0.15, 0.2) is 11.5 Å². The third-order valence-corrected chi connectivity index (χ3v) is 4.97. The lowest BCUT2D eigenvalue weighted by atomic mass is 10.1. The van der Waals surface area contributed by atoms with Gasteiger partial charge in [0.25, 0.3) is 5.91 Å². The molecule has 1 aliphatic rings. The summed E-state index contributed by atoms with van der Waals surface area (Å²) in [4.78, 5) is 18.8. The van der Waals surface area contributed by atoms with Crippen molar-refractivity contribution in [3.63, 3.8) is 0 Å². The summed E-state index contributed by atoms with van der Waals surface area (Å²) in [6, 6.07) is 5.34. The van der Waals surface area contributed by atoms with Gasteiger partial charge in [-0.2, -0.15) is 0 Å². The number of amides is 1. The molecular weight excluding hydrogens is 338 g/mol. The third-order valence-electron chi connectivity index (χ3n) is 4.34. The number of nitrogens with one attached hydrogen (secondary N) is 1. The van der Waals surface area contributed by atoms with E-state index in [1.807, 2.05) is 17.3 Å². The Labute approximate surface area is 151 Å². The van der Waals surface area contributed by atoms with Crippen LogP contribution in [0.2, 0.25) is 0 Å². The Balaban J connectivity index is 1.67. The number of carbonyl (C=O) groups is 1. The minimum Gasteiger partial charge on any atom is -0.493 e. The summed E-state index contributed by atoms with van der Waals surface area (Å²) in [6.07, 6.45) is 1.04. The van der Waals surface area contributed by atoms with Crippen LogP contribution in [0.3, 0.4) is 0 Å². The van der Waals surface area contributed by atoms with Crippen LogP contribution in [0.5, 0.6) is 11.5 Å². The molecule has 0 bridgehead atoms. The quantitative estimate of drug-likeness (QED) is 0.820. The van der Waals surface area contributed by atoms with Crippen molar-refractivity contribution in [2.45, 2.75) is 13.0 Å². The van der Waals surface area contributed by atoms with E-state index in [0.717, 1.165) is 31.7 Å². The Bertz CT molecular complexity index is 706. The lowest BCUT2D eigenvalue weighted by molar-refractivity contribution is 0.0786. The topological polar surface area (TPSA) is 63.7 Å². The Kier molecular flexibility index (Phi) is 5.88. The van der Waals surface area contributed by atoms with Crippen LogP contribution in [0.25, 0.3) is 0 Å². The molecule has 1 N–H and O–H groups in total. The first-order chi connectivity index (χ1) is 12.2. The Morgan fingerprint density at radius 3 is 3.04 bits per heavy atom. The third kappa shape index (κ3) is 4.29. The van der Waals surface area contributed by atoms with E-state index in [-0.39, 0.29) is 5.91 Å². The Hall–Kier alpha value is -2.12. The molecule has 0 saturated carbocycles. The van der Waals surface area contributed by atoms with Crippen molar-refractivity contribution in [2.75, 3.05) is 33.8 Å². The molecular formula is C18H23N3O3S. The normalized spacial score (nSPS) is 16.9. The number of ether oxygens (including phenoxy) is 2. The van der Waals surface area contributed by atoms with E-state index in [9.17, 15) is 4.79 Å². The average Bonchev–Trinajstić information content (AvgIpc) is 3.31. The van der Waals surface area contributed by atoms with Gasteiger partial charge in [-0.3, -0.25) is 4.79 Å². The smallest absolute Gasteiger partial charge is 0.254 e. The van der Waals surface area contributed by atoms with Crippen LogP contribution in [0, 0.1) is 5.92 Å². The zero-order valence-corrected chi connectivity index (χ0v) is 15.3. The van der Waals surface area contributed by atoms with Crippen LogP contribution < -0.4 is 14.8 Å². The van der Waals surface area contributed by atoms with E-state index in [0.29, 0.717) is 29.6 Å². The molecule has 2 aromatic rings. The van der Waals surface area contributed by atoms with E-state index >= 15 is 0 Å². The Morgan fingerprint density at radius 1 is 1.44 bits per heavy atom. The average molecular weight is 361 g/mol. The van der Waals surface area contributed by atoms with Crippen molar-refractivity contribution >= 4 is 17.2 Å². The fourth-order valence-corrected chi connectivity index (χ4v) is 3.58. The molecule has 1 atom stereocenters. The van der Waals surface area contributed by atoms with E-state index in [1.54, 1.807) is 30.8 Å². The molecule has 1 aliphatic heterocycles. The van der Waals surface area contributed by atoms with Crippen LogP contribution in [0.4, 0.5) is 0 Å². The minimum absolute atomic E-state index is 0.0444. The molecule has 1 fully saturated rings. The second-order valence-corrected chi connectivity index (χ2v) is 6.82. The lowest BCUT2D eigenvalue weighted by Gasteiger charge is -2.18. The van der Waals surface area contributed by atoms with Crippen LogP contribution in [0.15, 0.2) is 29.1 Å².